The number of carbonyl (C=O) groups is 2. The van der Waals surface area contributed by atoms with Crippen molar-refractivity contribution < 1.29 is 41.0 Å². The fourth-order valence-corrected chi connectivity index (χ4v) is 6.33. The largest absolute Gasteiger partial charge is 0.490 e. The van der Waals surface area contributed by atoms with E-state index in [1.807, 2.05) is 36.6 Å². The minimum atomic E-state index is -5.08. The molecule has 1 amide bonds. The van der Waals surface area contributed by atoms with Crippen LogP contribution in [0.3, 0.4) is 0 Å². The van der Waals surface area contributed by atoms with Gasteiger partial charge in [0.15, 0.2) is 15.0 Å². The average Bonchev–Trinajstić information content (AvgIpc) is 3.55. The Balaban J connectivity index is 0.000000679. The van der Waals surface area contributed by atoms with Gasteiger partial charge in [-0.05, 0) is 67.1 Å². The second kappa shape index (κ2) is 16.3. The molecule has 0 atom stereocenters. The third-order valence-corrected chi connectivity index (χ3v) is 9.48. The number of sulfone groups is 1. The fraction of sp³-hybridized carbons (Fsp3) is 0.235. The van der Waals surface area contributed by atoms with E-state index in [0.717, 1.165) is 55.3 Å². The predicted molar refractivity (Wildman–Crippen MR) is 187 cm³/mol. The smallest absolute Gasteiger partial charge is 0.475 e. The van der Waals surface area contributed by atoms with Gasteiger partial charge in [-0.15, -0.1) is 11.3 Å². The van der Waals surface area contributed by atoms with E-state index in [1.54, 1.807) is 42.9 Å². The molecule has 6 rings (SSSR count). The number of anilines is 2. The number of nitrogens with zero attached hydrogens (tertiary/aromatic N) is 6. The summed E-state index contributed by atoms with van der Waals surface area (Å²) < 4.78 is 61.5. The summed E-state index contributed by atoms with van der Waals surface area (Å²) in [6.45, 7) is 6.01. The SMILES string of the molecule is Cc1cccnc1-c1cc(Oc2ccc(S(C)(=O)=O)cc2)cc(C(=O)Nc2nc(CN3CCN(c4ncccn4)CC3)cs2)c1.O=C(O)C(F)(F)F. The van der Waals surface area contributed by atoms with Gasteiger partial charge in [0.1, 0.15) is 11.5 Å². The highest BCUT2D eigenvalue weighted by atomic mass is 32.2. The van der Waals surface area contributed by atoms with Gasteiger partial charge in [-0.25, -0.2) is 28.2 Å². The summed E-state index contributed by atoms with van der Waals surface area (Å²) in [6, 6.07) is 17.0. The van der Waals surface area contributed by atoms with Gasteiger partial charge in [-0.1, -0.05) is 6.07 Å². The van der Waals surface area contributed by atoms with Gasteiger partial charge >= 0.3 is 12.1 Å². The lowest BCUT2D eigenvalue weighted by atomic mass is 10.0. The predicted octanol–water partition coefficient (Wildman–Crippen LogP) is 5.71. The number of ether oxygens (including phenoxy) is 1. The molecule has 1 aliphatic rings. The molecule has 4 heterocycles. The first-order chi connectivity index (χ1) is 24.7. The topological polar surface area (TPSA) is 168 Å². The highest BCUT2D eigenvalue weighted by Crippen LogP contribution is 2.31. The monoisotopic (exact) mass is 755 g/mol. The summed E-state index contributed by atoms with van der Waals surface area (Å²) >= 11 is 1.38. The number of aromatic nitrogens is 4. The highest BCUT2D eigenvalue weighted by molar-refractivity contribution is 7.90. The molecule has 1 aliphatic heterocycles. The molecule has 0 aliphatic carbocycles. The van der Waals surface area contributed by atoms with Gasteiger partial charge in [0.2, 0.25) is 5.95 Å². The van der Waals surface area contributed by atoms with Gasteiger partial charge in [0, 0.05) is 74.1 Å². The van der Waals surface area contributed by atoms with Crippen LogP contribution in [0.5, 0.6) is 11.5 Å². The average molecular weight is 756 g/mol. The number of halogens is 3. The molecular weight excluding hydrogens is 724 g/mol. The van der Waals surface area contributed by atoms with Crippen molar-refractivity contribution in [3.05, 3.63) is 101 Å². The molecule has 2 N–H and O–H groups in total. The molecule has 0 saturated carbocycles. The number of amides is 1. The Kier molecular flexibility index (Phi) is 11.8. The number of carbonyl (C=O) groups excluding carboxylic acids is 1. The molecule has 0 bridgehead atoms. The van der Waals surface area contributed by atoms with E-state index in [9.17, 15) is 26.4 Å². The zero-order valence-corrected chi connectivity index (χ0v) is 29.4. The quantitative estimate of drug-likeness (QED) is 0.189. The lowest BCUT2D eigenvalue weighted by molar-refractivity contribution is -0.192. The number of carboxylic acid groups (broad SMARTS) is 1. The van der Waals surface area contributed by atoms with Crippen LogP contribution in [0.25, 0.3) is 11.3 Å². The van der Waals surface area contributed by atoms with Gasteiger partial charge in [-0.3, -0.25) is 20.0 Å². The fourth-order valence-electron chi connectivity index (χ4n) is 5.00. The number of aryl methyl sites for hydroxylation is 1. The summed E-state index contributed by atoms with van der Waals surface area (Å²) in [5.41, 5.74) is 3.64. The zero-order valence-electron chi connectivity index (χ0n) is 27.7. The van der Waals surface area contributed by atoms with E-state index in [0.29, 0.717) is 34.3 Å². The maximum Gasteiger partial charge on any atom is 0.490 e. The van der Waals surface area contributed by atoms with E-state index in [1.165, 1.54) is 23.5 Å². The molecule has 18 heteroatoms. The second-order valence-corrected chi connectivity index (χ2v) is 14.3. The Morgan fingerprint density at radius 3 is 2.21 bits per heavy atom. The summed E-state index contributed by atoms with van der Waals surface area (Å²) in [5, 5.41) is 12.5. The molecule has 5 aromatic rings. The molecule has 2 aromatic carbocycles. The van der Waals surface area contributed by atoms with Crippen molar-refractivity contribution in [2.45, 2.75) is 24.5 Å². The molecule has 1 fully saturated rings. The zero-order chi connectivity index (χ0) is 37.5. The van der Waals surface area contributed by atoms with E-state index >= 15 is 0 Å². The summed E-state index contributed by atoms with van der Waals surface area (Å²) in [4.78, 5) is 45.0. The van der Waals surface area contributed by atoms with Crippen molar-refractivity contribution in [2.75, 3.05) is 42.7 Å². The number of rotatable bonds is 9. The molecule has 13 nitrogen and oxygen atoms in total. The number of aliphatic carboxylic acids is 1. The summed E-state index contributed by atoms with van der Waals surface area (Å²) in [5.74, 6) is -1.50. The Hall–Kier alpha value is -5.46. The molecule has 52 heavy (non-hydrogen) atoms. The van der Waals surface area contributed by atoms with E-state index in [-0.39, 0.29) is 10.8 Å². The number of benzene rings is 2. The van der Waals surface area contributed by atoms with Crippen LogP contribution in [0.4, 0.5) is 24.3 Å². The van der Waals surface area contributed by atoms with Crippen molar-refractivity contribution in [1.29, 1.82) is 0 Å². The maximum atomic E-state index is 13.5. The molecule has 0 spiro atoms. The van der Waals surface area contributed by atoms with E-state index < -0.39 is 22.0 Å². The second-order valence-electron chi connectivity index (χ2n) is 11.5. The van der Waals surface area contributed by atoms with E-state index in [2.05, 4.69) is 35.1 Å². The lowest BCUT2D eigenvalue weighted by Gasteiger charge is -2.34. The Morgan fingerprint density at radius 1 is 0.942 bits per heavy atom. The third-order valence-electron chi connectivity index (χ3n) is 7.55. The number of piperazine rings is 1. The van der Waals surface area contributed by atoms with Crippen molar-refractivity contribution in [3.63, 3.8) is 0 Å². The van der Waals surface area contributed by atoms with Crippen molar-refractivity contribution in [2.24, 2.45) is 0 Å². The van der Waals surface area contributed by atoms with Gasteiger partial charge in [0.25, 0.3) is 5.91 Å². The Bertz CT molecular complexity index is 2130. The van der Waals surface area contributed by atoms with Crippen molar-refractivity contribution >= 4 is 44.1 Å². The number of thiazole rings is 1. The van der Waals surface area contributed by atoms with Gasteiger partial charge in [0.05, 0.1) is 16.3 Å². The van der Waals surface area contributed by atoms with Crippen LogP contribution < -0.4 is 15.0 Å². The Morgan fingerprint density at radius 2 is 1.60 bits per heavy atom. The van der Waals surface area contributed by atoms with Crippen molar-refractivity contribution in [3.8, 4) is 22.8 Å². The highest BCUT2D eigenvalue weighted by Gasteiger charge is 2.38. The first-order valence-corrected chi connectivity index (χ1v) is 18.3. The number of pyridine rings is 1. The summed E-state index contributed by atoms with van der Waals surface area (Å²) in [7, 11) is -3.34. The number of nitrogens with one attached hydrogen (secondary N) is 1. The Labute approximate surface area is 300 Å². The van der Waals surface area contributed by atoms with Crippen LogP contribution in [-0.2, 0) is 21.2 Å². The maximum absolute atomic E-state index is 13.5. The molecule has 0 radical (unpaired) electrons. The van der Waals surface area contributed by atoms with Crippen LogP contribution >= 0.6 is 11.3 Å². The van der Waals surface area contributed by atoms with Crippen molar-refractivity contribution in [1.82, 2.24) is 24.8 Å². The number of hydrogen-bond donors (Lipinski definition) is 2. The number of carboxylic acids is 1. The molecular formula is C34H32F3N7O6S2. The van der Waals surface area contributed by atoms with Crippen LogP contribution in [0.2, 0.25) is 0 Å². The first-order valence-electron chi connectivity index (χ1n) is 15.5. The molecule has 1 saturated heterocycles. The first kappa shape index (κ1) is 37.8. The summed E-state index contributed by atoms with van der Waals surface area (Å²) in [6.07, 6.45) is 1.28. The van der Waals surface area contributed by atoms with E-state index in [4.69, 9.17) is 14.6 Å². The van der Waals surface area contributed by atoms with Crippen LogP contribution in [0.15, 0.2) is 89.5 Å². The van der Waals surface area contributed by atoms with Crippen LogP contribution in [0, 0.1) is 6.92 Å². The number of hydrogen-bond acceptors (Lipinski definition) is 12. The molecule has 0 unspecified atom stereocenters. The minimum absolute atomic E-state index is 0.194. The third kappa shape index (κ3) is 10.3. The minimum Gasteiger partial charge on any atom is -0.475 e. The lowest BCUT2D eigenvalue weighted by Crippen LogP contribution is -2.46. The molecule has 3 aromatic heterocycles. The van der Waals surface area contributed by atoms with Crippen LogP contribution in [-0.4, -0.2) is 88.8 Å². The standard InChI is InChI=1S/C32H31N7O4S2.C2HF3O2/c1-22-5-3-10-33-29(22)23-17-24(19-27(18-23)43-26-6-8-28(9-7-26)45(2,41)42)30(40)37-32-36-25(21-44-32)20-38-13-15-39(16-14-38)31-34-11-4-12-35-31;3-2(4,5)1(6)7/h3-12,17-19,21H,13-16,20H2,1-2H3,(H,36,37,40);(H,6,7). The van der Waals surface area contributed by atoms with Gasteiger partial charge < -0.3 is 14.7 Å². The normalized spacial score (nSPS) is 13.5. The van der Waals surface area contributed by atoms with Crippen LogP contribution in [0.1, 0.15) is 21.6 Å². The van der Waals surface area contributed by atoms with Gasteiger partial charge in [-0.2, -0.15) is 13.2 Å². The molecule has 272 valence electrons. The number of alkyl halides is 3.